The first-order chi connectivity index (χ1) is 10.4. The molecule has 118 valence electrons. The summed E-state index contributed by atoms with van der Waals surface area (Å²) in [6, 6.07) is 6.83. The number of rotatable bonds is 3. The molecule has 0 aliphatic carbocycles. The summed E-state index contributed by atoms with van der Waals surface area (Å²) in [5, 5.41) is 1.29. The van der Waals surface area contributed by atoms with Gasteiger partial charge < -0.3 is 9.64 Å². The number of hydroxylamine groups is 2. The third kappa shape index (κ3) is 3.01. The Morgan fingerprint density at radius 3 is 2.45 bits per heavy atom. The molecule has 1 aromatic carbocycles. The predicted octanol–water partition coefficient (Wildman–Crippen LogP) is 2.55. The van der Waals surface area contributed by atoms with Crippen LogP contribution in [-0.4, -0.2) is 30.5 Å². The molecule has 1 saturated heterocycles. The number of hydrogen-bond acceptors (Lipinski definition) is 4. The number of halogens is 3. The third-order valence-electron chi connectivity index (χ3n) is 3.35. The fourth-order valence-electron chi connectivity index (χ4n) is 2.19. The second-order valence-electron chi connectivity index (χ2n) is 4.91. The summed E-state index contributed by atoms with van der Waals surface area (Å²) in [7, 11) is 0. The van der Waals surface area contributed by atoms with Crippen molar-refractivity contribution < 1.29 is 27.5 Å². The van der Waals surface area contributed by atoms with Gasteiger partial charge in [0, 0.05) is 5.69 Å². The molecule has 2 aliphatic heterocycles. The van der Waals surface area contributed by atoms with Crippen molar-refractivity contribution in [1.29, 1.82) is 0 Å². The number of allylic oxidation sites excluding steroid dienone is 1. The van der Waals surface area contributed by atoms with E-state index in [1.54, 1.807) is 24.3 Å². The Morgan fingerprint density at radius 1 is 1.18 bits per heavy atom. The lowest BCUT2D eigenvalue weighted by Crippen LogP contribution is -2.22. The summed E-state index contributed by atoms with van der Waals surface area (Å²) >= 11 is 0. The first kappa shape index (κ1) is 14.7. The van der Waals surface area contributed by atoms with Crippen molar-refractivity contribution in [3.8, 4) is 0 Å². The van der Waals surface area contributed by atoms with E-state index in [9.17, 15) is 18.0 Å². The molecule has 0 saturated carbocycles. The van der Waals surface area contributed by atoms with Crippen LogP contribution in [0.1, 0.15) is 12.0 Å². The zero-order chi connectivity index (χ0) is 15.7. The van der Waals surface area contributed by atoms with Gasteiger partial charge in [0.2, 0.25) is 11.7 Å². The van der Waals surface area contributed by atoms with Gasteiger partial charge in [-0.1, -0.05) is 12.1 Å². The summed E-state index contributed by atoms with van der Waals surface area (Å²) in [4.78, 5) is 18.0. The smallest absolute Gasteiger partial charge is 0.450 e. The highest BCUT2D eigenvalue weighted by atomic mass is 19.4. The number of benzene rings is 1. The van der Waals surface area contributed by atoms with E-state index >= 15 is 0 Å². The summed E-state index contributed by atoms with van der Waals surface area (Å²) in [6.45, 7) is 0.522. The topological polar surface area (TPSA) is 42.0 Å². The van der Waals surface area contributed by atoms with E-state index in [0.717, 1.165) is 11.8 Å². The summed E-state index contributed by atoms with van der Waals surface area (Å²) in [6.07, 6.45) is -3.18. The van der Waals surface area contributed by atoms with Gasteiger partial charge in [0.15, 0.2) is 6.73 Å². The molecule has 8 heteroatoms. The minimum Gasteiger partial charge on any atom is -0.466 e. The molecule has 0 spiro atoms. The van der Waals surface area contributed by atoms with E-state index < -0.39 is 11.9 Å². The van der Waals surface area contributed by atoms with Crippen molar-refractivity contribution >= 4 is 11.6 Å². The highest BCUT2D eigenvalue weighted by Gasteiger charge is 2.39. The monoisotopic (exact) mass is 314 g/mol. The van der Waals surface area contributed by atoms with E-state index in [-0.39, 0.29) is 12.6 Å². The number of ether oxygens (including phenoxy) is 1. The molecule has 2 heterocycles. The standard InChI is InChI=1S/C14H13F3N2O3/c15-14(16,17)12-8-18(9-21-12)11-3-1-10(2-4-11)7-19-13(20)5-6-22-19/h1-4,8H,5-7,9H2. The van der Waals surface area contributed by atoms with Crippen molar-refractivity contribution in [2.45, 2.75) is 19.1 Å². The minimum absolute atomic E-state index is 0.0743. The molecule has 2 aliphatic rings. The van der Waals surface area contributed by atoms with Crippen molar-refractivity contribution in [2.24, 2.45) is 0 Å². The molecule has 22 heavy (non-hydrogen) atoms. The summed E-state index contributed by atoms with van der Waals surface area (Å²) in [5.41, 5.74) is 1.41. The van der Waals surface area contributed by atoms with Crippen LogP contribution in [0.3, 0.4) is 0 Å². The molecule has 0 radical (unpaired) electrons. The molecule has 0 atom stereocenters. The Balaban J connectivity index is 1.67. The number of nitrogens with zero attached hydrogens (tertiary/aromatic N) is 2. The number of alkyl halides is 3. The van der Waals surface area contributed by atoms with Crippen LogP contribution in [0.5, 0.6) is 0 Å². The normalized spacial score (nSPS) is 18.7. The lowest BCUT2D eigenvalue weighted by molar-refractivity contribution is -0.164. The van der Waals surface area contributed by atoms with E-state index in [4.69, 9.17) is 4.84 Å². The van der Waals surface area contributed by atoms with Crippen LogP contribution in [0.25, 0.3) is 0 Å². The molecule has 3 rings (SSSR count). The number of amides is 1. The summed E-state index contributed by atoms with van der Waals surface area (Å²) in [5.74, 6) is -1.08. The van der Waals surface area contributed by atoms with Crippen LogP contribution in [-0.2, 0) is 20.9 Å². The van der Waals surface area contributed by atoms with Gasteiger partial charge in [0.25, 0.3) is 0 Å². The van der Waals surface area contributed by atoms with Crippen LogP contribution in [0.15, 0.2) is 36.2 Å². The van der Waals surface area contributed by atoms with Crippen LogP contribution in [0.2, 0.25) is 0 Å². The van der Waals surface area contributed by atoms with E-state index in [2.05, 4.69) is 4.74 Å². The van der Waals surface area contributed by atoms with Gasteiger partial charge in [-0.2, -0.15) is 13.2 Å². The van der Waals surface area contributed by atoms with Crippen molar-refractivity contribution in [2.75, 3.05) is 18.2 Å². The summed E-state index contributed by atoms with van der Waals surface area (Å²) < 4.78 is 42.1. The Kier molecular flexibility index (Phi) is 3.69. The fraction of sp³-hybridized carbons (Fsp3) is 0.357. The Hall–Kier alpha value is -2.22. The Morgan fingerprint density at radius 2 is 1.91 bits per heavy atom. The van der Waals surface area contributed by atoms with Crippen LogP contribution in [0, 0.1) is 0 Å². The number of hydrogen-bond donors (Lipinski definition) is 0. The first-order valence-electron chi connectivity index (χ1n) is 6.64. The highest BCUT2D eigenvalue weighted by Crippen LogP contribution is 2.32. The second-order valence-corrected chi connectivity index (χ2v) is 4.91. The van der Waals surface area contributed by atoms with Crippen molar-refractivity contribution in [3.05, 3.63) is 41.8 Å². The van der Waals surface area contributed by atoms with Gasteiger partial charge >= 0.3 is 6.18 Å². The van der Waals surface area contributed by atoms with Crippen molar-refractivity contribution in [3.63, 3.8) is 0 Å². The Bertz CT molecular complexity index is 598. The minimum atomic E-state index is -4.48. The molecule has 1 fully saturated rings. The van der Waals surface area contributed by atoms with Crippen LogP contribution in [0.4, 0.5) is 18.9 Å². The Labute approximate surface area is 124 Å². The SMILES string of the molecule is O=C1CCON1Cc1ccc(N2C=C(C(F)(F)F)OC2)cc1. The zero-order valence-electron chi connectivity index (χ0n) is 11.5. The lowest BCUT2D eigenvalue weighted by Gasteiger charge is -2.16. The maximum atomic E-state index is 12.5. The molecule has 5 nitrogen and oxygen atoms in total. The van der Waals surface area contributed by atoms with Crippen LogP contribution >= 0.6 is 0 Å². The van der Waals surface area contributed by atoms with Gasteiger partial charge in [-0.25, -0.2) is 5.06 Å². The van der Waals surface area contributed by atoms with Crippen LogP contribution < -0.4 is 4.90 Å². The van der Waals surface area contributed by atoms with Gasteiger partial charge in [0.1, 0.15) is 0 Å². The largest absolute Gasteiger partial charge is 0.466 e. The van der Waals surface area contributed by atoms with E-state index in [1.165, 1.54) is 9.96 Å². The van der Waals surface area contributed by atoms with E-state index in [0.29, 0.717) is 25.3 Å². The molecule has 1 aromatic rings. The average Bonchev–Trinajstić information content (AvgIpc) is 3.09. The lowest BCUT2D eigenvalue weighted by atomic mass is 10.2. The molecule has 1 amide bonds. The average molecular weight is 314 g/mol. The molecular formula is C14H13F3N2O3. The van der Waals surface area contributed by atoms with Gasteiger partial charge in [-0.3, -0.25) is 9.63 Å². The first-order valence-corrected chi connectivity index (χ1v) is 6.64. The van der Waals surface area contributed by atoms with E-state index in [1.807, 2.05) is 0 Å². The number of carbonyl (C=O) groups is 1. The maximum absolute atomic E-state index is 12.5. The highest BCUT2D eigenvalue weighted by molar-refractivity contribution is 5.76. The quantitative estimate of drug-likeness (QED) is 0.860. The van der Waals surface area contributed by atoms with Gasteiger partial charge in [-0.05, 0) is 17.7 Å². The molecule has 0 N–H and O–H groups in total. The fourth-order valence-corrected chi connectivity index (χ4v) is 2.19. The number of carbonyl (C=O) groups excluding carboxylic acids is 1. The second kappa shape index (κ2) is 5.53. The zero-order valence-corrected chi connectivity index (χ0v) is 11.5. The maximum Gasteiger partial charge on any atom is 0.450 e. The van der Waals surface area contributed by atoms with Gasteiger partial charge in [-0.15, -0.1) is 0 Å². The molecule has 0 aromatic heterocycles. The van der Waals surface area contributed by atoms with Crippen molar-refractivity contribution in [1.82, 2.24) is 5.06 Å². The molecule has 0 bridgehead atoms. The van der Waals surface area contributed by atoms with Gasteiger partial charge in [0.05, 0.1) is 25.8 Å². The molecular weight excluding hydrogens is 301 g/mol. The molecule has 0 unspecified atom stereocenters. The number of anilines is 1. The third-order valence-corrected chi connectivity index (χ3v) is 3.35. The predicted molar refractivity (Wildman–Crippen MR) is 70.1 cm³/mol.